The fourth-order valence-corrected chi connectivity index (χ4v) is 2.90. The van der Waals surface area contributed by atoms with Gasteiger partial charge in [0.05, 0.1) is 12.9 Å². The number of halogens is 2. The van der Waals surface area contributed by atoms with Gasteiger partial charge in [0.25, 0.3) is 0 Å². The first-order valence-electron chi connectivity index (χ1n) is 6.69. The van der Waals surface area contributed by atoms with Crippen molar-refractivity contribution in [2.24, 2.45) is 0 Å². The summed E-state index contributed by atoms with van der Waals surface area (Å²) in [5, 5.41) is 4.95. The molecule has 0 aromatic heterocycles. The van der Waals surface area contributed by atoms with Crippen LogP contribution in [0.25, 0.3) is 0 Å². The Balaban J connectivity index is 2.18. The number of hydrogen-bond acceptors (Lipinski definition) is 2. The number of ether oxygens (including phenoxy) is 1. The zero-order chi connectivity index (χ0) is 13.7. The molecule has 1 heterocycles. The third kappa shape index (κ3) is 3.88. The average molecular weight is 300 g/mol. The van der Waals surface area contributed by atoms with E-state index in [1.165, 1.54) is 5.57 Å². The van der Waals surface area contributed by atoms with Crippen LogP contribution < -0.4 is 5.32 Å². The van der Waals surface area contributed by atoms with Gasteiger partial charge in [-0.25, -0.2) is 0 Å². The van der Waals surface area contributed by atoms with E-state index < -0.39 is 0 Å². The van der Waals surface area contributed by atoms with Crippen LogP contribution in [-0.2, 0) is 11.2 Å². The lowest BCUT2D eigenvalue weighted by Gasteiger charge is -2.24. The largest absolute Gasteiger partial charge is 0.501 e. The Morgan fingerprint density at radius 1 is 1.32 bits per heavy atom. The zero-order valence-corrected chi connectivity index (χ0v) is 12.6. The fraction of sp³-hybridized carbons (Fsp3) is 0.467. The van der Waals surface area contributed by atoms with Crippen molar-refractivity contribution >= 4 is 23.2 Å². The first-order chi connectivity index (χ1) is 9.22. The molecule has 2 nitrogen and oxygen atoms in total. The van der Waals surface area contributed by atoms with Gasteiger partial charge in [0.2, 0.25) is 0 Å². The molecule has 0 bridgehead atoms. The van der Waals surface area contributed by atoms with Crippen LogP contribution in [0.2, 0.25) is 10.0 Å². The van der Waals surface area contributed by atoms with Gasteiger partial charge in [0.15, 0.2) is 0 Å². The Hall–Kier alpha value is -0.700. The summed E-state index contributed by atoms with van der Waals surface area (Å²) >= 11 is 12.5. The smallest absolute Gasteiger partial charge is 0.0876 e. The van der Waals surface area contributed by atoms with Crippen LogP contribution in [0, 0.1) is 0 Å². The maximum absolute atomic E-state index is 6.25. The normalized spacial score (nSPS) is 16.7. The second-order valence-corrected chi connectivity index (χ2v) is 5.50. The molecule has 1 atom stereocenters. The maximum Gasteiger partial charge on any atom is 0.0876 e. The van der Waals surface area contributed by atoms with Crippen molar-refractivity contribution in [1.29, 1.82) is 0 Å². The zero-order valence-electron chi connectivity index (χ0n) is 11.1. The van der Waals surface area contributed by atoms with Crippen molar-refractivity contribution < 1.29 is 4.74 Å². The van der Waals surface area contributed by atoms with E-state index in [0.717, 1.165) is 48.0 Å². The van der Waals surface area contributed by atoms with Crippen LogP contribution in [0.15, 0.2) is 30.0 Å². The highest BCUT2D eigenvalue weighted by molar-refractivity contribution is 6.36. The Morgan fingerprint density at radius 3 is 2.63 bits per heavy atom. The van der Waals surface area contributed by atoms with E-state index in [1.807, 2.05) is 24.5 Å². The van der Waals surface area contributed by atoms with Gasteiger partial charge in [0, 0.05) is 16.1 Å². The Bertz CT molecular complexity index is 439. The molecular weight excluding hydrogens is 281 g/mol. The van der Waals surface area contributed by atoms with Gasteiger partial charge in [-0.1, -0.05) is 36.2 Å². The first kappa shape index (κ1) is 14.7. The molecule has 0 spiro atoms. The molecule has 1 N–H and O–H groups in total. The minimum absolute atomic E-state index is 0.239. The molecule has 1 aliphatic rings. The molecule has 0 saturated carbocycles. The van der Waals surface area contributed by atoms with E-state index in [2.05, 4.69) is 12.2 Å². The van der Waals surface area contributed by atoms with Crippen molar-refractivity contribution in [3.8, 4) is 0 Å². The molecule has 4 heteroatoms. The number of rotatable bonds is 5. The predicted octanol–water partition coefficient (Wildman–Crippen LogP) is 4.21. The highest BCUT2D eigenvalue weighted by Gasteiger charge is 2.19. The lowest BCUT2D eigenvalue weighted by atomic mass is 9.95. The molecule has 1 aromatic carbocycles. The fourth-order valence-electron chi connectivity index (χ4n) is 2.35. The summed E-state index contributed by atoms with van der Waals surface area (Å²) < 4.78 is 5.44. The van der Waals surface area contributed by atoms with Crippen LogP contribution in [0.4, 0.5) is 0 Å². The molecule has 0 amide bonds. The van der Waals surface area contributed by atoms with Crippen molar-refractivity contribution in [1.82, 2.24) is 5.32 Å². The van der Waals surface area contributed by atoms with E-state index in [4.69, 9.17) is 27.9 Å². The predicted molar refractivity (Wildman–Crippen MR) is 80.9 cm³/mol. The average Bonchev–Trinajstić information content (AvgIpc) is 2.43. The van der Waals surface area contributed by atoms with Crippen molar-refractivity contribution in [2.45, 2.75) is 32.2 Å². The summed E-state index contributed by atoms with van der Waals surface area (Å²) in [6.07, 6.45) is 4.83. The Kier molecular flexibility index (Phi) is 5.56. The summed E-state index contributed by atoms with van der Waals surface area (Å²) in [4.78, 5) is 0. The van der Waals surface area contributed by atoms with Crippen LogP contribution in [-0.4, -0.2) is 19.2 Å². The number of benzene rings is 1. The van der Waals surface area contributed by atoms with Crippen LogP contribution in [0.1, 0.15) is 25.3 Å². The highest BCUT2D eigenvalue weighted by atomic mass is 35.5. The van der Waals surface area contributed by atoms with Gasteiger partial charge in [0.1, 0.15) is 0 Å². The van der Waals surface area contributed by atoms with Gasteiger partial charge in [-0.05, 0) is 49.1 Å². The molecule has 1 aliphatic heterocycles. The molecule has 0 saturated heterocycles. The minimum Gasteiger partial charge on any atom is -0.501 e. The minimum atomic E-state index is 0.239. The third-order valence-electron chi connectivity index (χ3n) is 3.33. The SMILES string of the molecule is CCNC(Cc1c(Cl)cccc1Cl)C1=COCCC1. The van der Waals surface area contributed by atoms with E-state index in [-0.39, 0.29) is 6.04 Å². The Morgan fingerprint density at radius 2 is 2.05 bits per heavy atom. The Labute approximate surface area is 124 Å². The van der Waals surface area contributed by atoms with E-state index in [1.54, 1.807) is 0 Å². The first-order valence-corrected chi connectivity index (χ1v) is 7.44. The standard InChI is InChI=1S/C15H19Cl2NO/c1-2-18-15(11-5-4-8-19-10-11)9-12-13(16)6-3-7-14(12)17/h3,6-7,10,15,18H,2,4-5,8-9H2,1H3. The van der Waals surface area contributed by atoms with Crippen LogP contribution in [0.3, 0.4) is 0 Å². The quantitative estimate of drug-likeness (QED) is 0.879. The monoisotopic (exact) mass is 299 g/mol. The second kappa shape index (κ2) is 7.18. The van der Waals surface area contributed by atoms with Gasteiger partial charge in [-0.15, -0.1) is 0 Å². The van der Waals surface area contributed by atoms with Gasteiger partial charge in [-0.2, -0.15) is 0 Å². The topological polar surface area (TPSA) is 21.3 Å². The molecule has 1 aromatic rings. The molecule has 1 unspecified atom stereocenters. The van der Waals surface area contributed by atoms with Crippen molar-refractivity contribution in [3.05, 3.63) is 45.6 Å². The van der Waals surface area contributed by atoms with E-state index >= 15 is 0 Å². The molecule has 104 valence electrons. The summed E-state index contributed by atoms with van der Waals surface area (Å²) in [5.74, 6) is 0. The summed E-state index contributed by atoms with van der Waals surface area (Å²) in [5.41, 5.74) is 2.30. The van der Waals surface area contributed by atoms with Gasteiger partial charge >= 0.3 is 0 Å². The van der Waals surface area contributed by atoms with Crippen LogP contribution in [0.5, 0.6) is 0 Å². The molecular formula is C15H19Cl2NO. The lowest BCUT2D eigenvalue weighted by Crippen LogP contribution is -2.34. The molecule has 0 fully saturated rings. The van der Waals surface area contributed by atoms with Gasteiger partial charge < -0.3 is 10.1 Å². The van der Waals surface area contributed by atoms with Crippen molar-refractivity contribution in [2.75, 3.05) is 13.2 Å². The molecule has 0 aliphatic carbocycles. The van der Waals surface area contributed by atoms with Crippen LogP contribution >= 0.6 is 23.2 Å². The lowest BCUT2D eigenvalue weighted by molar-refractivity contribution is 0.219. The van der Waals surface area contributed by atoms with E-state index in [0.29, 0.717) is 0 Å². The third-order valence-corrected chi connectivity index (χ3v) is 4.04. The number of likely N-dealkylation sites (N-methyl/N-ethyl adjacent to an activating group) is 1. The molecule has 2 rings (SSSR count). The summed E-state index contributed by atoms with van der Waals surface area (Å²) in [6, 6.07) is 5.89. The van der Waals surface area contributed by atoms with Gasteiger partial charge in [-0.3, -0.25) is 0 Å². The molecule has 0 radical (unpaired) electrons. The summed E-state index contributed by atoms with van der Waals surface area (Å²) in [6.45, 7) is 3.82. The maximum atomic E-state index is 6.25. The van der Waals surface area contributed by atoms with E-state index in [9.17, 15) is 0 Å². The second-order valence-electron chi connectivity index (χ2n) is 4.68. The number of nitrogens with one attached hydrogen (secondary N) is 1. The number of hydrogen-bond donors (Lipinski definition) is 1. The highest BCUT2D eigenvalue weighted by Crippen LogP contribution is 2.28. The molecule has 19 heavy (non-hydrogen) atoms. The summed E-state index contributed by atoms with van der Waals surface area (Å²) in [7, 11) is 0. The van der Waals surface area contributed by atoms with Crippen molar-refractivity contribution in [3.63, 3.8) is 0 Å².